The predicted molar refractivity (Wildman–Crippen MR) is 111 cm³/mol. The van der Waals surface area contributed by atoms with E-state index in [9.17, 15) is 4.79 Å². The van der Waals surface area contributed by atoms with E-state index >= 15 is 0 Å². The highest BCUT2D eigenvalue weighted by molar-refractivity contribution is 6.31. The van der Waals surface area contributed by atoms with Crippen LogP contribution in [0.1, 0.15) is 16.1 Å². The molecular weight excluding hydrogens is 372 g/mol. The monoisotopic (exact) mass is 388 g/mol. The Kier molecular flexibility index (Phi) is 4.91. The molecule has 0 radical (unpaired) electrons. The minimum absolute atomic E-state index is 0.296. The molecule has 1 amide bonds. The van der Waals surface area contributed by atoms with Crippen molar-refractivity contribution >= 4 is 23.2 Å². The number of amides is 1. The Morgan fingerprint density at radius 1 is 1.00 bits per heavy atom. The van der Waals surface area contributed by atoms with E-state index in [1.807, 2.05) is 55.5 Å². The van der Waals surface area contributed by atoms with E-state index in [0.29, 0.717) is 16.4 Å². The molecule has 2 aromatic heterocycles. The van der Waals surface area contributed by atoms with Crippen LogP contribution in [-0.2, 0) is 0 Å². The number of halogens is 1. The summed E-state index contributed by atoms with van der Waals surface area (Å²) < 4.78 is 1.76. The second-order valence-corrected chi connectivity index (χ2v) is 6.67. The Balaban J connectivity index is 1.75. The van der Waals surface area contributed by atoms with Crippen molar-refractivity contribution in [1.82, 2.24) is 14.8 Å². The van der Waals surface area contributed by atoms with Crippen molar-refractivity contribution in [2.75, 3.05) is 5.32 Å². The fraction of sp³-hybridized carbons (Fsp3) is 0.0455. The van der Waals surface area contributed by atoms with Gasteiger partial charge in [-0.25, -0.2) is 4.68 Å². The average Bonchev–Trinajstić information content (AvgIpc) is 3.18. The number of para-hydroxylation sites is 1. The van der Waals surface area contributed by atoms with Gasteiger partial charge in [-0.05, 0) is 55.0 Å². The number of hydrogen-bond acceptors (Lipinski definition) is 3. The largest absolute Gasteiger partial charge is 0.320 e. The molecule has 6 heteroatoms. The topological polar surface area (TPSA) is 59.8 Å². The molecule has 0 aliphatic rings. The maximum Gasteiger partial charge on any atom is 0.276 e. The first-order valence-corrected chi connectivity index (χ1v) is 9.13. The van der Waals surface area contributed by atoms with Gasteiger partial charge in [0.05, 0.1) is 11.4 Å². The van der Waals surface area contributed by atoms with Crippen LogP contribution in [0.3, 0.4) is 0 Å². The van der Waals surface area contributed by atoms with E-state index < -0.39 is 0 Å². The summed E-state index contributed by atoms with van der Waals surface area (Å²) in [7, 11) is 0. The standard InChI is InChI=1S/C22H17ClN4O/c1-15-18(23)8-5-9-19(15)25-22(28)20-14-21(16-10-12-24-13-11-16)27(26-20)17-6-3-2-4-7-17/h2-14H,1H3,(H,25,28). The molecule has 0 aliphatic heterocycles. The number of nitrogens with one attached hydrogen (secondary N) is 1. The highest BCUT2D eigenvalue weighted by Crippen LogP contribution is 2.26. The van der Waals surface area contributed by atoms with Gasteiger partial charge in [-0.15, -0.1) is 0 Å². The van der Waals surface area contributed by atoms with Crippen molar-refractivity contribution in [1.29, 1.82) is 0 Å². The van der Waals surface area contributed by atoms with E-state index in [2.05, 4.69) is 15.4 Å². The van der Waals surface area contributed by atoms with Crippen molar-refractivity contribution in [2.24, 2.45) is 0 Å². The van der Waals surface area contributed by atoms with Crippen molar-refractivity contribution in [3.05, 3.63) is 95.4 Å². The van der Waals surface area contributed by atoms with E-state index in [-0.39, 0.29) is 5.91 Å². The van der Waals surface area contributed by atoms with Crippen LogP contribution in [0.15, 0.2) is 79.1 Å². The van der Waals surface area contributed by atoms with Crippen molar-refractivity contribution in [2.45, 2.75) is 6.92 Å². The lowest BCUT2D eigenvalue weighted by atomic mass is 10.1. The SMILES string of the molecule is Cc1c(Cl)cccc1NC(=O)c1cc(-c2ccncc2)n(-c2ccccc2)n1. The van der Waals surface area contributed by atoms with Crippen LogP contribution in [0.2, 0.25) is 5.02 Å². The molecule has 138 valence electrons. The molecule has 0 aliphatic carbocycles. The Bertz CT molecular complexity index is 1070. The molecule has 0 bridgehead atoms. The Morgan fingerprint density at radius 3 is 2.50 bits per heavy atom. The fourth-order valence-corrected chi connectivity index (χ4v) is 3.09. The minimum atomic E-state index is -0.296. The van der Waals surface area contributed by atoms with E-state index in [4.69, 9.17) is 11.6 Å². The van der Waals surface area contributed by atoms with Gasteiger partial charge in [0.1, 0.15) is 0 Å². The molecule has 4 rings (SSSR count). The lowest BCUT2D eigenvalue weighted by Gasteiger charge is -2.08. The van der Waals surface area contributed by atoms with Gasteiger partial charge in [0.15, 0.2) is 5.69 Å². The summed E-state index contributed by atoms with van der Waals surface area (Å²) in [5.74, 6) is -0.296. The van der Waals surface area contributed by atoms with Crippen LogP contribution in [0.25, 0.3) is 16.9 Å². The number of nitrogens with zero attached hydrogens (tertiary/aromatic N) is 3. The van der Waals surface area contributed by atoms with E-state index in [1.165, 1.54) is 0 Å². The van der Waals surface area contributed by atoms with Gasteiger partial charge in [0.25, 0.3) is 5.91 Å². The summed E-state index contributed by atoms with van der Waals surface area (Å²) in [5, 5.41) is 8.06. The van der Waals surface area contributed by atoms with Crippen LogP contribution < -0.4 is 5.32 Å². The highest BCUT2D eigenvalue weighted by Gasteiger charge is 2.17. The number of carbonyl (C=O) groups excluding carboxylic acids is 1. The van der Waals surface area contributed by atoms with Crippen LogP contribution in [0, 0.1) is 6.92 Å². The second kappa shape index (κ2) is 7.66. The highest BCUT2D eigenvalue weighted by atomic mass is 35.5. The quantitative estimate of drug-likeness (QED) is 0.526. The maximum absolute atomic E-state index is 12.9. The van der Waals surface area contributed by atoms with E-state index in [1.54, 1.807) is 35.3 Å². The molecular formula is C22H17ClN4O. The maximum atomic E-state index is 12.9. The summed E-state index contributed by atoms with van der Waals surface area (Å²) in [6.45, 7) is 1.86. The molecule has 4 aromatic rings. The minimum Gasteiger partial charge on any atom is -0.320 e. The van der Waals surface area contributed by atoms with Gasteiger partial charge in [0, 0.05) is 28.7 Å². The zero-order valence-corrected chi connectivity index (χ0v) is 15.9. The number of aromatic nitrogens is 3. The first-order chi connectivity index (χ1) is 13.6. The summed E-state index contributed by atoms with van der Waals surface area (Å²) >= 11 is 6.16. The summed E-state index contributed by atoms with van der Waals surface area (Å²) in [6.07, 6.45) is 3.43. The fourth-order valence-electron chi connectivity index (χ4n) is 2.92. The number of carbonyl (C=O) groups is 1. The molecule has 0 spiro atoms. The van der Waals surface area contributed by atoms with Crippen LogP contribution in [0.5, 0.6) is 0 Å². The predicted octanol–water partition coefficient (Wildman–Crippen LogP) is 5.15. The lowest BCUT2D eigenvalue weighted by molar-refractivity contribution is 0.102. The summed E-state index contributed by atoms with van der Waals surface area (Å²) in [5.41, 5.74) is 4.39. The third-order valence-corrected chi connectivity index (χ3v) is 4.84. The summed E-state index contributed by atoms with van der Waals surface area (Å²) in [6, 6.07) is 20.7. The first kappa shape index (κ1) is 17.9. The van der Waals surface area contributed by atoms with Gasteiger partial charge in [0.2, 0.25) is 0 Å². The zero-order chi connectivity index (χ0) is 19.5. The number of hydrogen-bond donors (Lipinski definition) is 1. The van der Waals surface area contributed by atoms with Gasteiger partial charge in [-0.2, -0.15) is 5.10 Å². The Morgan fingerprint density at radius 2 is 1.75 bits per heavy atom. The molecule has 0 saturated carbocycles. The second-order valence-electron chi connectivity index (χ2n) is 6.26. The summed E-state index contributed by atoms with van der Waals surface area (Å²) in [4.78, 5) is 16.9. The smallest absolute Gasteiger partial charge is 0.276 e. The van der Waals surface area contributed by atoms with Gasteiger partial charge in [-0.3, -0.25) is 9.78 Å². The molecule has 0 unspecified atom stereocenters. The number of anilines is 1. The third kappa shape index (κ3) is 3.52. The van der Waals surface area contributed by atoms with Crippen LogP contribution in [-0.4, -0.2) is 20.7 Å². The molecule has 0 saturated heterocycles. The molecule has 28 heavy (non-hydrogen) atoms. The lowest BCUT2D eigenvalue weighted by Crippen LogP contribution is -2.14. The number of benzene rings is 2. The van der Waals surface area contributed by atoms with Crippen molar-refractivity contribution in [3.63, 3.8) is 0 Å². The molecule has 2 heterocycles. The molecule has 0 fully saturated rings. The molecule has 0 atom stereocenters. The normalized spacial score (nSPS) is 10.6. The van der Waals surface area contributed by atoms with Gasteiger partial charge < -0.3 is 5.32 Å². The van der Waals surface area contributed by atoms with Crippen molar-refractivity contribution < 1.29 is 4.79 Å². The Hall–Kier alpha value is -3.44. The van der Waals surface area contributed by atoms with Crippen LogP contribution >= 0.6 is 11.6 Å². The zero-order valence-electron chi connectivity index (χ0n) is 15.1. The number of rotatable bonds is 4. The first-order valence-electron chi connectivity index (χ1n) is 8.76. The van der Waals surface area contributed by atoms with Gasteiger partial charge >= 0.3 is 0 Å². The van der Waals surface area contributed by atoms with Crippen molar-refractivity contribution in [3.8, 4) is 16.9 Å². The molecule has 5 nitrogen and oxygen atoms in total. The molecule has 1 N–H and O–H groups in total. The van der Waals surface area contributed by atoms with Crippen LogP contribution in [0.4, 0.5) is 5.69 Å². The van der Waals surface area contributed by atoms with E-state index in [0.717, 1.165) is 22.5 Å². The number of pyridine rings is 1. The van der Waals surface area contributed by atoms with Gasteiger partial charge in [-0.1, -0.05) is 35.9 Å². The average molecular weight is 389 g/mol. The third-order valence-electron chi connectivity index (χ3n) is 4.43. The molecule has 2 aromatic carbocycles. The Labute approximate surface area is 167 Å².